The van der Waals surface area contributed by atoms with E-state index in [2.05, 4.69) is 60.0 Å². The van der Waals surface area contributed by atoms with E-state index in [9.17, 15) is 4.79 Å². The molecule has 0 radical (unpaired) electrons. The van der Waals surface area contributed by atoms with Crippen molar-refractivity contribution < 1.29 is 9.53 Å². The maximum absolute atomic E-state index is 12.3. The molecule has 1 N–H and O–H groups in total. The Labute approximate surface area is 146 Å². The summed E-state index contributed by atoms with van der Waals surface area (Å²) in [6.07, 6.45) is 3.30. The van der Waals surface area contributed by atoms with Crippen LogP contribution in [-0.4, -0.2) is 25.2 Å². The number of piperidine rings is 1. The van der Waals surface area contributed by atoms with Crippen molar-refractivity contribution in [2.75, 3.05) is 7.11 Å². The standard InChI is InChI=1S/C18H24INO2/c1-10(2)13-6-4-11(8-15(13)19)14-9-12-5-7-16(20-12)17(14)18(21)22-3/h4,6,8,10,12,14,16-17,20H,5,7,9H2,1-3H3/t12?,14-,16?,17+/m1/s1/i19-2. The molecule has 2 aliphatic rings. The number of halogens is 1. The summed E-state index contributed by atoms with van der Waals surface area (Å²) in [5.41, 5.74) is 2.68. The van der Waals surface area contributed by atoms with Gasteiger partial charge in [-0.1, -0.05) is 26.0 Å². The van der Waals surface area contributed by atoms with E-state index in [0.717, 1.165) is 12.8 Å². The number of carbonyl (C=O) groups is 1. The lowest BCUT2D eigenvalue weighted by molar-refractivity contribution is -0.148. The van der Waals surface area contributed by atoms with Crippen LogP contribution >= 0.6 is 22.6 Å². The fraction of sp³-hybridized carbons (Fsp3) is 0.611. The van der Waals surface area contributed by atoms with E-state index in [-0.39, 0.29) is 23.8 Å². The number of hydrogen-bond acceptors (Lipinski definition) is 3. The molecule has 4 atom stereocenters. The molecule has 2 unspecified atom stereocenters. The number of nitrogens with one attached hydrogen (secondary N) is 1. The monoisotopic (exact) mass is 411 g/mol. The van der Waals surface area contributed by atoms with Crippen LogP contribution in [0.2, 0.25) is 0 Å². The summed E-state index contributed by atoms with van der Waals surface area (Å²) in [5.74, 6) is 0.692. The Morgan fingerprint density at radius 3 is 2.77 bits per heavy atom. The minimum absolute atomic E-state index is 0.0514. The van der Waals surface area contributed by atoms with Crippen molar-refractivity contribution in [3.8, 4) is 0 Å². The molecule has 0 spiro atoms. The highest BCUT2D eigenvalue weighted by molar-refractivity contribution is 14.1. The second-order valence-corrected chi connectivity index (χ2v) is 8.04. The molecular weight excluding hydrogens is 387 g/mol. The van der Waals surface area contributed by atoms with E-state index in [1.54, 1.807) is 0 Å². The van der Waals surface area contributed by atoms with Gasteiger partial charge in [0.2, 0.25) is 0 Å². The van der Waals surface area contributed by atoms with E-state index < -0.39 is 0 Å². The van der Waals surface area contributed by atoms with Crippen LogP contribution in [-0.2, 0) is 9.53 Å². The summed E-state index contributed by atoms with van der Waals surface area (Å²) in [4.78, 5) is 12.3. The molecule has 0 saturated carbocycles. The minimum Gasteiger partial charge on any atom is -0.469 e. The Kier molecular flexibility index (Phi) is 4.78. The average molecular weight is 411 g/mol. The smallest absolute Gasteiger partial charge is 0.310 e. The second-order valence-electron chi connectivity index (χ2n) is 6.87. The minimum atomic E-state index is -0.0641. The number of methoxy groups -OCH3 is 1. The lowest BCUT2D eigenvalue weighted by atomic mass is 9.76. The zero-order chi connectivity index (χ0) is 15.9. The predicted octanol–water partition coefficient (Wildman–Crippen LogP) is 3.81. The molecule has 2 bridgehead atoms. The normalized spacial score (nSPS) is 30.6. The lowest BCUT2D eigenvalue weighted by Crippen LogP contribution is -2.48. The van der Waals surface area contributed by atoms with Crippen LogP contribution in [0.15, 0.2) is 18.2 Å². The first kappa shape index (κ1) is 16.2. The van der Waals surface area contributed by atoms with Crippen molar-refractivity contribution in [3.05, 3.63) is 32.9 Å². The van der Waals surface area contributed by atoms with Crippen molar-refractivity contribution in [1.82, 2.24) is 5.32 Å². The highest BCUT2D eigenvalue weighted by atomic mass is 125. The Morgan fingerprint density at radius 1 is 1.36 bits per heavy atom. The van der Waals surface area contributed by atoms with Crippen molar-refractivity contribution in [2.24, 2.45) is 5.92 Å². The van der Waals surface area contributed by atoms with Crippen LogP contribution in [0.3, 0.4) is 0 Å². The average Bonchev–Trinajstić information content (AvgIpc) is 2.87. The third-order valence-electron chi connectivity index (χ3n) is 5.23. The molecule has 1 aromatic rings. The molecule has 120 valence electrons. The maximum Gasteiger partial charge on any atom is 0.310 e. The Morgan fingerprint density at radius 2 is 2.14 bits per heavy atom. The molecule has 2 aliphatic heterocycles. The number of fused-ring (bicyclic) bond motifs is 2. The largest absolute Gasteiger partial charge is 0.469 e. The van der Waals surface area contributed by atoms with Crippen LogP contribution in [0.4, 0.5) is 0 Å². The predicted molar refractivity (Wildman–Crippen MR) is 96.1 cm³/mol. The quantitative estimate of drug-likeness (QED) is 0.607. The molecule has 0 amide bonds. The summed E-state index contributed by atoms with van der Waals surface area (Å²) in [6.45, 7) is 4.44. The molecule has 0 aromatic heterocycles. The molecule has 22 heavy (non-hydrogen) atoms. The lowest BCUT2D eigenvalue weighted by Gasteiger charge is -2.36. The number of rotatable bonds is 3. The molecule has 0 aliphatic carbocycles. The third-order valence-corrected chi connectivity index (χ3v) is 6.16. The van der Waals surface area contributed by atoms with Gasteiger partial charge in [0.15, 0.2) is 0 Å². The number of hydrogen-bond donors (Lipinski definition) is 1. The molecule has 2 fully saturated rings. The molecule has 2 heterocycles. The van der Waals surface area contributed by atoms with E-state index >= 15 is 0 Å². The van der Waals surface area contributed by atoms with Gasteiger partial charge in [-0.25, -0.2) is 0 Å². The summed E-state index contributed by atoms with van der Waals surface area (Å²) in [5, 5.41) is 3.60. The Bertz CT molecular complexity index is 572. The number of ether oxygens (including phenoxy) is 1. The summed E-state index contributed by atoms with van der Waals surface area (Å²) < 4.78 is 6.41. The van der Waals surface area contributed by atoms with Crippen LogP contribution in [0.5, 0.6) is 0 Å². The molecular formula is C18H24INO2. The first-order valence-electron chi connectivity index (χ1n) is 8.14. The summed E-state index contributed by atoms with van der Waals surface area (Å²) in [6, 6.07) is 7.57. The fourth-order valence-corrected chi connectivity index (χ4v) is 5.27. The van der Waals surface area contributed by atoms with Crippen LogP contribution in [0, 0.1) is 9.49 Å². The Hall–Kier alpha value is -0.620. The molecule has 3 rings (SSSR count). The summed E-state index contributed by atoms with van der Waals surface area (Å²) >= 11 is 2.43. The highest BCUT2D eigenvalue weighted by Gasteiger charge is 2.46. The highest BCUT2D eigenvalue weighted by Crippen LogP contribution is 2.43. The molecule has 4 heteroatoms. The molecule has 1 aromatic carbocycles. The SMILES string of the molecule is COC(=O)[C@@H]1C2CCC(C[C@@H]1c1ccc(C(C)C)c([125I])c1)N2. The van der Waals surface area contributed by atoms with Gasteiger partial charge in [0.1, 0.15) is 0 Å². The van der Waals surface area contributed by atoms with Gasteiger partial charge in [-0.3, -0.25) is 4.79 Å². The van der Waals surface area contributed by atoms with Gasteiger partial charge in [-0.15, -0.1) is 0 Å². The first-order chi connectivity index (χ1) is 10.5. The van der Waals surface area contributed by atoms with Crippen molar-refractivity contribution in [3.63, 3.8) is 0 Å². The fourth-order valence-electron chi connectivity index (χ4n) is 4.10. The van der Waals surface area contributed by atoms with Gasteiger partial charge < -0.3 is 10.1 Å². The zero-order valence-electron chi connectivity index (χ0n) is 13.4. The maximum atomic E-state index is 12.3. The molecule has 3 nitrogen and oxygen atoms in total. The van der Waals surface area contributed by atoms with Crippen LogP contribution in [0.25, 0.3) is 0 Å². The van der Waals surface area contributed by atoms with Gasteiger partial charge in [0, 0.05) is 21.6 Å². The van der Waals surface area contributed by atoms with Crippen molar-refractivity contribution in [1.29, 1.82) is 0 Å². The van der Waals surface area contributed by atoms with E-state index in [0.29, 0.717) is 12.0 Å². The van der Waals surface area contributed by atoms with Crippen molar-refractivity contribution >= 4 is 28.6 Å². The van der Waals surface area contributed by atoms with Gasteiger partial charge >= 0.3 is 5.97 Å². The Balaban J connectivity index is 1.94. The first-order valence-corrected chi connectivity index (χ1v) is 9.22. The summed E-state index contributed by atoms with van der Waals surface area (Å²) in [7, 11) is 1.51. The van der Waals surface area contributed by atoms with E-state index in [1.165, 1.54) is 28.2 Å². The second kappa shape index (κ2) is 6.48. The van der Waals surface area contributed by atoms with Gasteiger partial charge in [-0.2, -0.15) is 0 Å². The van der Waals surface area contributed by atoms with E-state index in [1.807, 2.05) is 0 Å². The topological polar surface area (TPSA) is 38.3 Å². The number of carbonyl (C=O) groups excluding carboxylic acids is 1. The van der Waals surface area contributed by atoms with E-state index in [4.69, 9.17) is 4.74 Å². The van der Waals surface area contributed by atoms with Crippen LogP contribution < -0.4 is 5.32 Å². The number of benzene rings is 1. The van der Waals surface area contributed by atoms with Gasteiger partial charge in [-0.05, 0) is 65.0 Å². The zero-order valence-corrected chi connectivity index (χ0v) is 15.6. The molecule has 2 saturated heterocycles. The van der Waals surface area contributed by atoms with Crippen molar-refractivity contribution in [2.45, 2.75) is 57.0 Å². The number of esters is 1. The van der Waals surface area contributed by atoms with Gasteiger partial charge in [0.05, 0.1) is 13.0 Å². The van der Waals surface area contributed by atoms with Crippen LogP contribution in [0.1, 0.15) is 56.1 Å². The third kappa shape index (κ3) is 2.92. The van der Waals surface area contributed by atoms with Gasteiger partial charge in [0.25, 0.3) is 0 Å².